The Morgan fingerprint density at radius 3 is 2.74 bits per heavy atom. The van der Waals surface area contributed by atoms with Gasteiger partial charge in [0.15, 0.2) is 0 Å². The fourth-order valence-electron chi connectivity index (χ4n) is 2.23. The van der Waals surface area contributed by atoms with Gasteiger partial charge in [0.25, 0.3) is 0 Å². The Morgan fingerprint density at radius 2 is 2.21 bits per heavy atom. The van der Waals surface area contributed by atoms with E-state index in [2.05, 4.69) is 10.4 Å². The van der Waals surface area contributed by atoms with Crippen LogP contribution in [0.15, 0.2) is 6.07 Å². The summed E-state index contributed by atoms with van der Waals surface area (Å²) in [6.45, 7) is 3.26. The van der Waals surface area contributed by atoms with Gasteiger partial charge >= 0.3 is 0 Å². The highest BCUT2D eigenvalue weighted by Crippen LogP contribution is 2.19. The molecule has 6 nitrogen and oxygen atoms in total. The van der Waals surface area contributed by atoms with Crippen molar-refractivity contribution < 1.29 is 9.53 Å². The molecule has 1 fully saturated rings. The van der Waals surface area contributed by atoms with Gasteiger partial charge in [-0.05, 0) is 25.7 Å². The van der Waals surface area contributed by atoms with Crippen molar-refractivity contribution in [2.75, 3.05) is 18.5 Å². The lowest BCUT2D eigenvalue weighted by atomic mass is 9.92. The number of aryl methyl sites for hydroxylation is 2. The molecule has 1 saturated heterocycles. The van der Waals surface area contributed by atoms with Crippen LogP contribution < -0.4 is 11.1 Å². The van der Waals surface area contributed by atoms with Crippen LogP contribution in [0.4, 0.5) is 5.82 Å². The van der Waals surface area contributed by atoms with Crippen LogP contribution in [0.3, 0.4) is 0 Å². The molecule has 108 valence electrons. The number of nitrogens with one attached hydrogen (secondary N) is 1. The summed E-state index contributed by atoms with van der Waals surface area (Å²) in [4.78, 5) is 12.1. The molecule has 2 heterocycles. The molecular weight excluding hydrogens is 268 g/mol. The average Bonchev–Trinajstić information content (AvgIpc) is 2.68. The number of amides is 1. The van der Waals surface area contributed by atoms with E-state index in [9.17, 15) is 4.79 Å². The first kappa shape index (κ1) is 15.9. The van der Waals surface area contributed by atoms with Gasteiger partial charge < -0.3 is 15.8 Å². The number of hydrogen-bond acceptors (Lipinski definition) is 4. The molecule has 1 amide bonds. The normalized spacial score (nSPS) is 17.6. The molecule has 1 aliphatic heterocycles. The third-order valence-corrected chi connectivity index (χ3v) is 3.33. The second-order valence-corrected chi connectivity index (χ2v) is 4.76. The predicted octanol–water partition coefficient (Wildman–Crippen LogP) is 0.843. The number of nitrogens with two attached hydrogens (primary N) is 1. The first-order chi connectivity index (χ1) is 8.58. The Labute approximate surface area is 119 Å². The van der Waals surface area contributed by atoms with E-state index in [0.29, 0.717) is 19.0 Å². The first-order valence-corrected chi connectivity index (χ1v) is 6.23. The molecule has 3 N–H and O–H groups in total. The Hall–Kier alpha value is -1.11. The van der Waals surface area contributed by atoms with E-state index in [1.807, 2.05) is 13.0 Å². The maximum absolute atomic E-state index is 12.1. The fraction of sp³-hybridized carbons (Fsp3) is 0.667. The number of halogens is 1. The van der Waals surface area contributed by atoms with Crippen LogP contribution in [0.25, 0.3) is 0 Å². The largest absolute Gasteiger partial charge is 0.381 e. The summed E-state index contributed by atoms with van der Waals surface area (Å²) < 4.78 is 6.91. The number of aromatic nitrogens is 2. The number of hydrogen-bond donors (Lipinski definition) is 2. The van der Waals surface area contributed by atoms with Crippen LogP contribution in [-0.4, -0.2) is 34.9 Å². The lowest BCUT2D eigenvalue weighted by molar-refractivity contribution is -0.119. The number of carbonyl (C=O) groups excluding carboxylic acids is 1. The minimum Gasteiger partial charge on any atom is -0.381 e. The van der Waals surface area contributed by atoms with Gasteiger partial charge in [0.2, 0.25) is 5.91 Å². The van der Waals surface area contributed by atoms with Gasteiger partial charge in [-0.25, -0.2) is 0 Å². The summed E-state index contributed by atoms with van der Waals surface area (Å²) in [5, 5.41) is 7.00. The molecule has 1 aromatic heterocycles. The lowest BCUT2D eigenvalue weighted by Gasteiger charge is -2.26. The van der Waals surface area contributed by atoms with Crippen LogP contribution in [0.5, 0.6) is 0 Å². The van der Waals surface area contributed by atoms with Gasteiger partial charge in [-0.2, -0.15) is 5.10 Å². The molecule has 0 aliphatic carbocycles. The number of rotatable bonds is 3. The lowest BCUT2D eigenvalue weighted by Crippen LogP contribution is -2.44. The zero-order chi connectivity index (χ0) is 13.1. The zero-order valence-corrected chi connectivity index (χ0v) is 12.1. The topological polar surface area (TPSA) is 82.2 Å². The molecule has 2 rings (SSSR count). The first-order valence-electron chi connectivity index (χ1n) is 6.23. The SMILES string of the molecule is Cc1cc(NC(=O)C(N)C2CCOCC2)n(C)n1.Cl. The molecule has 7 heteroatoms. The van der Waals surface area contributed by atoms with Crippen LogP contribution in [0, 0.1) is 12.8 Å². The molecule has 1 unspecified atom stereocenters. The molecule has 0 saturated carbocycles. The fourth-order valence-corrected chi connectivity index (χ4v) is 2.23. The molecule has 0 aromatic carbocycles. The second-order valence-electron chi connectivity index (χ2n) is 4.76. The Morgan fingerprint density at radius 1 is 1.58 bits per heavy atom. The van der Waals surface area contributed by atoms with Gasteiger partial charge in [0, 0.05) is 26.3 Å². The maximum atomic E-state index is 12.1. The summed E-state index contributed by atoms with van der Waals surface area (Å²) in [5.41, 5.74) is 6.87. The third kappa shape index (κ3) is 3.92. The van der Waals surface area contributed by atoms with Crippen molar-refractivity contribution in [2.45, 2.75) is 25.8 Å². The van der Waals surface area contributed by atoms with Crippen LogP contribution >= 0.6 is 12.4 Å². The van der Waals surface area contributed by atoms with Crippen molar-refractivity contribution in [3.05, 3.63) is 11.8 Å². The Kier molecular flexibility index (Phi) is 5.78. The minimum atomic E-state index is -0.482. The summed E-state index contributed by atoms with van der Waals surface area (Å²) in [6.07, 6.45) is 1.69. The smallest absolute Gasteiger partial charge is 0.242 e. The van der Waals surface area contributed by atoms with E-state index < -0.39 is 6.04 Å². The van der Waals surface area contributed by atoms with E-state index in [1.54, 1.807) is 11.7 Å². The number of carbonyl (C=O) groups is 1. The molecule has 0 spiro atoms. The molecule has 0 bridgehead atoms. The molecule has 1 aliphatic rings. The number of anilines is 1. The van der Waals surface area contributed by atoms with Gasteiger partial charge in [-0.1, -0.05) is 0 Å². The van der Waals surface area contributed by atoms with Crippen molar-refractivity contribution in [1.29, 1.82) is 0 Å². The van der Waals surface area contributed by atoms with Crippen LogP contribution in [0.2, 0.25) is 0 Å². The van der Waals surface area contributed by atoms with Gasteiger partial charge in [0.05, 0.1) is 11.7 Å². The molecule has 0 radical (unpaired) electrons. The maximum Gasteiger partial charge on any atom is 0.242 e. The summed E-state index contributed by atoms with van der Waals surface area (Å²) in [7, 11) is 1.79. The van der Waals surface area contributed by atoms with E-state index in [0.717, 1.165) is 18.5 Å². The highest BCUT2D eigenvalue weighted by atomic mass is 35.5. The van der Waals surface area contributed by atoms with Crippen molar-refractivity contribution in [2.24, 2.45) is 18.7 Å². The van der Waals surface area contributed by atoms with Crippen molar-refractivity contribution in [3.63, 3.8) is 0 Å². The standard InChI is InChI=1S/C12H20N4O2.ClH/c1-8-7-10(16(2)15-8)14-12(17)11(13)9-3-5-18-6-4-9;/h7,9,11H,3-6,13H2,1-2H3,(H,14,17);1H. The number of ether oxygens (including phenoxy) is 1. The predicted molar refractivity (Wildman–Crippen MR) is 75.3 cm³/mol. The van der Waals surface area contributed by atoms with Gasteiger partial charge in [-0.15, -0.1) is 12.4 Å². The monoisotopic (exact) mass is 288 g/mol. The van der Waals surface area contributed by atoms with Crippen molar-refractivity contribution >= 4 is 24.1 Å². The van der Waals surface area contributed by atoms with Crippen LogP contribution in [-0.2, 0) is 16.6 Å². The second kappa shape index (κ2) is 6.88. The minimum absolute atomic E-state index is 0. The van der Waals surface area contributed by atoms with E-state index >= 15 is 0 Å². The highest BCUT2D eigenvalue weighted by Gasteiger charge is 2.27. The zero-order valence-electron chi connectivity index (χ0n) is 11.3. The molecule has 1 atom stereocenters. The summed E-state index contributed by atoms with van der Waals surface area (Å²) in [5.74, 6) is 0.734. The molecule has 1 aromatic rings. The quantitative estimate of drug-likeness (QED) is 0.864. The average molecular weight is 289 g/mol. The summed E-state index contributed by atoms with van der Waals surface area (Å²) in [6, 6.07) is 1.35. The molecular formula is C12H21ClN4O2. The highest BCUT2D eigenvalue weighted by molar-refractivity contribution is 5.94. The molecule has 19 heavy (non-hydrogen) atoms. The van der Waals surface area contributed by atoms with E-state index in [4.69, 9.17) is 10.5 Å². The Balaban J connectivity index is 0.00000180. The van der Waals surface area contributed by atoms with Crippen molar-refractivity contribution in [1.82, 2.24) is 9.78 Å². The van der Waals surface area contributed by atoms with E-state index in [1.165, 1.54) is 0 Å². The van der Waals surface area contributed by atoms with Gasteiger partial charge in [-0.3, -0.25) is 9.48 Å². The van der Waals surface area contributed by atoms with Gasteiger partial charge in [0.1, 0.15) is 5.82 Å². The number of nitrogens with zero attached hydrogens (tertiary/aromatic N) is 2. The Bertz CT molecular complexity index is 429. The van der Waals surface area contributed by atoms with Crippen molar-refractivity contribution in [3.8, 4) is 0 Å². The van der Waals surface area contributed by atoms with Crippen LogP contribution in [0.1, 0.15) is 18.5 Å². The van der Waals surface area contributed by atoms with E-state index in [-0.39, 0.29) is 24.2 Å². The third-order valence-electron chi connectivity index (χ3n) is 3.33. The summed E-state index contributed by atoms with van der Waals surface area (Å²) >= 11 is 0.